The summed E-state index contributed by atoms with van der Waals surface area (Å²) in [5.41, 5.74) is 6.16. The third-order valence-electron chi connectivity index (χ3n) is 5.54. The van der Waals surface area contributed by atoms with Gasteiger partial charge in [0, 0.05) is 27.4 Å². The number of aromatic nitrogens is 3. The molecule has 0 amide bonds. The summed E-state index contributed by atoms with van der Waals surface area (Å²) in [7, 11) is 0. The minimum absolute atomic E-state index is 0.257. The standard InChI is InChI=1S/C26H16ClN3/c27-26-28-22-12-6-4-11-21(22)25(29-26)17-14-15-20-19-10-5-7-13-23(19)30(24(20)16-17)18-8-2-1-3-9-18/h1-16H. The van der Waals surface area contributed by atoms with Gasteiger partial charge < -0.3 is 4.57 Å². The lowest BCUT2D eigenvalue weighted by atomic mass is 10.0. The molecular weight excluding hydrogens is 390 g/mol. The summed E-state index contributed by atoms with van der Waals surface area (Å²) in [4.78, 5) is 8.95. The van der Waals surface area contributed by atoms with E-state index in [1.165, 1.54) is 16.3 Å². The van der Waals surface area contributed by atoms with Crippen molar-refractivity contribution in [3.8, 4) is 16.9 Å². The SMILES string of the molecule is Clc1nc(-c2ccc3c4ccccc4n(-c4ccccc4)c3c2)c2ccccc2n1. The van der Waals surface area contributed by atoms with Crippen molar-refractivity contribution in [3.63, 3.8) is 0 Å². The van der Waals surface area contributed by atoms with Crippen molar-refractivity contribution in [2.45, 2.75) is 0 Å². The first kappa shape index (κ1) is 17.2. The van der Waals surface area contributed by atoms with Gasteiger partial charge in [-0.15, -0.1) is 0 Å². The molecule has 2 aromatic heterocycles. The minimum atomic E-state index is 0.257. The fourth-order valence-corrected chi connectivity index (χ4v) is 4.42. The van der Waals surface area contributed by atoms with E-state index in [9.17, 15) is 0 Å². The van der Waals surface area contributed by atoms with Gasteiger partial charge in [0.15, 0.2) is 0 Å². The summed E-state index contributed by atoms with van der Waals surface area (Å²) in [5, 5.41) is 3.69. The Hall–Kier alpha value is -3.69. The highest BCUT2D eigenvalue weighted by Gasteiger charge is 2.15. The number of fused-ring (bicyclic) bond motifs is 4. The molecule has 0 unspecified atom stereocenters. The quantitative estimate of drug-likeness (QED) is 0.289. The molecular formula is C26H16ClN3. The predicted octanol–water partition coefficient (Wildman–Crippen LogP) is 7.05. The van der Waals surface area contributed by atoms with Crippen LogP contribution in [0.15, 0.2) is 97.1 Å². The lowest BCUT2D eigenvalue weighted by Crippen LogP contribution is -1.94. The summed E-state index contributed by atoms with van der Waals surface area (Å²) >= 11 is 6.26. The topological polar surface area (TPSA) is 30.7 Å². The first-order valence-corrected chi connectivity index (χ1v) is 10.2. The van der Waals surface area contributed by atoms with E-state index in [1.807, 2.05) is 30.3 Å². The van der Waals surface area contributed by atoms with E-state index in [2.05, 4.69) is 81.3 Å². The van der Waals surface area contributed by atoms with E-state index in [0.29, 0.717) is 0 Å². The van der Waals surface area contributed by atoms with Gasteiger partial charge in [0.2, 0.25) is 5.28 Å². The molecule has 0 aliphatic heterocycles. The third-order valence-corrected chi connectivity index (χ3v) is 5.71. The van der Waals surface area contributed by atoms with E-state index in [1.54, 1.807) is 0 Å². The Morgan fingerprint density at radius 2 is 1.30 bits per heavy atom. The van der Waals surface area contributed by atoms with Crippen molar-refractivity contribution in [2.24, 2.45) is 0 Å². The lowest BCUT2D eigenvalue weighted by Gasteiger charge is -2.10. The molecule has 0 spiro atoms. The summed E-state index contributed by atoms with van der Waals surface area (Å²) in [6, 6.07) is 33.4. The van der Waals surface area contributed by atoms with E-state index < -0.39 is 0 Å². The van der Waals surface area contributed by atoms with Gasteiger partial charge in [0.1, 0.15) is 0 Å². The molecule has 4 aromatic carbocycles. The molecule has 0 aliphatic rings. The molecule has 6 rings (SSSR count). The second-order valence-electron chi connectivity index (χ2n) is 7.28. The van der Waals surface area contributed by atoms with Crippen LogP contribution < -0.4 is 0 Å². The van der Waals surface area contributed by atoms with Gasteiger partial charge in [-0.3, -0.25) is 0 Å². The van der Waals surface area contributed by atoms with E-state index in [0.717, 1.165) is 33.4 Å². The van der Waals surface area contributed by atoms with Crippen LogP contribution in [-0.4, -0.2) is 14.5 Å². The Morgan fingerprint density at radius 1 is 0.600 bits per heavy atom. The Balaban J connectivity index is 1.71. The number of hydrogen-bond donors (Lipinski definition) is 0. The van der Waals surface area contributed by atoms with E-state index >= 15 is 0 Å². The maximum atomic E-state index is 6.26. The van der Waals surface area contributed by atoms with Crippen LogP contribution in [0.2, 0.25) is 5.28 Å². The van der Waals surface area contributed by atoms with Crippen LogP contribution in [0, 0.1) is 0 Å². The van der Waals surface area contributed by atoms with Crippen LogP contribution in [-0.2, 0) is 0 Å². The second kappa shape index (κ2) is 6.68. The minimum Gasteiger partial charge on any atom is -0.309 e. The molecule has 30 heavy (non-hydrogen) atoms. The highest BCUT2D eigenvalue weighted by atomic mass is 35.5. The maximum Gasteiger partial charge on any atom is 0.223 e. The fourth-order valence-electron chi connectivity index (χ4n) is 4.24. The number of benzene rings is 4. The molecule has 142 valence electrons. The lowest BCUT2D eigenvalue weighted by molar-refractivity contribution is 1.18. The van der Waals surface area contributed by atoms with E-state index in [-0.39, 0.29) is 5.28 Å². The molecule has 4 heteroatoms. The van der Waals surface area contributed by atoms with Crippen LogP contribution in [0.5, 0.6) is 0 Å². The van der Waals surface area contributed by atoms with Crippen LogP contribution in [0.25, 0.3) is 49.7 Å². The Morgan fingerprint density at radius 3 is 2.17 bits per heavy atom. The first-order chi connectivity index (χ1) is 14.8. The van der Waals surface area contributed by atoms with Crippen molar-refractivity contribution < 1.29 is 0 Å². The predicted molar refractivity (Wildman–Crippen MR) is 124 cm³/mol. The molecule has 0 radical (unpaired) electrons. The molecule has 0 saturated carbocycles. The van der Waals surface area contributed by atoms with Gasteiger partial charge in [-0.05, 0) is 41.9 Å². The van der Waals surface area contributed by atoms with Crippen molar-refractivity contribution in [3.05, 3.63) is 102 Å². The van der Waals surface area contributed by atoms with Crippen molar-refractivity contribution >= 4 is 44.3 Å². The highest BCUT2D eigenvalue weighted by molar-refractivity contribution is 6.29. The molecule has 6 aromatic rings. The normalized spacial score (nSPS) is 11.5. The fraction of sp³-hybridized carbons (Fsp3) is 0. The highest BCUT2D eigenvalue weighted by Crippen LogP contribution is 2.35. The van der Waals surface area contributed by atoms with Crippen molar-refractivity contribution in [1.82, 2.24) is 14.5 Å². The van der Waals surface area contributed by atoms with Gasteiger partial charge in [-0.25, -0.2) is 9.97 Å². The molecule has 2 heterocycles. The molecule has 0 saturated heterocycles. The smallest absolute Gasteiger partial charge is 0.223 e. The molecule has 0 aliphatic carbocycles. The molecule has 0 bridgehead atoms. The largest absolute Gasteiger partial charge is 0.309 e. The Bertz CT molecular complexity index is 1550. The Kier molecular flexibility index (Phi) is 3.83. The van der Waals surface area contributed by atoms with Crippen LogP contribution in [0.1, 0.15) is 0 Å². The second-order valence-corrected chi connectivity index (χ2v) is 7.62. The molecule has 0 fully saturated rings. The molecule has 0 N–H and O–H groups in total. The summed E-state index contributed by atoms with van der Waals surface area (Å²) < 4.78 is 2.30. The maximum absolute atomic E-state index is 6.26. The van der Waals surface area contributed by atoms with Gasteiger partial charge in [-0.1, -0.05) is 66.7 Å². The number of nitrogens with zero attached hydrogens (tertiary/aromatic N) is 3. The van der Waals surface area contributed by atoms with E-state index in [4.69, 9.17) is 11.6 Å². The summed E-state index contributed by atoms with van der Waals surface area (Å²) in [5.74, 6) is 0. The Labute approximate surface area is 178 Å². The van der Waals surface area contributed by atoms with Gasteiger partial charge in [0.05, 0.1) is 22.2 Å². The average molecular weight is 406 g/mol. The average Bonchev–Trinajstić information content (AvgIpc) is 3.12. The zero-order chi connectivity index (χ0) is 20.1. The number of para-hydroxylation sites is 3. The summed E-state index contributed by atoms with van der Waals surface area (Å²) in [6.45, 7) is 0. The number of hydrogen-bond acceptors (Lipinski definition) is 2. The van der Waals surface area contributed by atoms with Crippen molar-refractivity contribution in [2.75, 3.05) is 0 Å². The van der Waals surface area contributed by atoms with Crippen LogP contribution >= 0.6 is 11.6 Å². The van der Waals surface area contributed by atoms with Gasteiger partial charge >= 0.3 is 0 Å². The summed E-state index contributed by atoms with van der Waals surface area (Å²) in [6.07, 6.45) is 0. The van der Waals surface area contributed by atoms with Crippen LogP contribution in [0.4, 0.5) is 0 Å². The zero-order valence-corrected chi connectivity index (χ0v) is 16.7. The zero-order valence-electron chi connectivity index (χ0n) is 16.0. The molecule has 0 atom stereocenters. The monoisotopic (exact) mass is 405 g/mol. The molecule has 3 nitrogen and oxygen atoms in total. The van der Waals surface area contributed by atoms with Gasteiger partial charge in [-0.2, -0.15) is 0 Å². The van der Waals surface area contributed by atoms with Gasteiger partial charge in [0.25, 0.3) is 0 Å². The van der Waals surface area contributed by atoms with Crippen LogP contribution in [0.3, 0.4) is 0 Å². The van der Waals surface area contributed by atoms with Crippen molar-refractivity contribution in [1.29, 1.82) is 0 Å². The first-order valence-electron chi connectivity index (χ1n) is 9.81. The third kappa shape index (κ3) is 2.60. The number of halogens is 1. The number of rotatable bonds is 2.